The Morgan fingerprint density at radius 2 is 1.69 bits per heavy atom. The van der Waals surface area contributed by atoms with Crippen molar-refractivity contribution in [1.29, 1.82) is 0 Å². The number of aromatic hydroxyl groups is 1. The molecule has 1 atom stereocenters. The Labute approximate surface area is 203 Å². The molecule has 3 aromatic carbocycles. The minimum atomic E-state index is -4.97. The van der Waals surface area contributed by atoms with Gasteiger partial charge in [0.25, 0.3) is 11.7 Å². The number of alkyl halides is 3. The van der Waals surface area contributed by atoms with Crippen LogP contribution < -0.4 is 14.4 Å². The zero-order chi connectivity index (χ0) is 26.2. The number of methoxy groups -OCH3 is 1. The van der Waals surface area contributed by atoms with E-state index in [9.17, 15) is 33.0 Å². The fraction of sp³-hybridized carbons (Fsp3) is 0.154. The van der Waals surface area contributed by atoms with E-state index in [1.54, 1.807) is 25.1 Å². The summed E-state index contributed by atoms with van der Waals surface area (Å²) in [5.74, 6) is -3.06. The summed E-state index contributed by atoms with van der Waals surface area (Å²) in [5.41, 5.74) is 0.865. The Morgan fingerprint density at radius 3 is 2.33 bits per heavy atom. The summed E-state index contributed by atoms with van der Waals surface area (Å²) < 4.78 is 47.7. The van der Waals surface area contributed by atoms with E-state index in [4.69, 9.17) is 4.74 Å². The van der Waals surface area contributed by atoms with Gasteiger partial charge in [-0.05, 0) is 48.9 Å². The van der Waals surface area contributed by atoms with Gasteiger partial charge in [0.1, 0.15) is 23.0 Å². The molecule has 186 valence electrons. The van der Waals surface area contributed by atoms with E-state index < -0.39 is 35.6 Å². The zero-order valence-electron chi connectivity index (χ0n) is 19.0. The van der Waals surface area contributed by atoms with E-state index in [0.29, 0.717) is 5.56 Å². The van der Waals surface area contributed by atoms with Crippen LogP contribution in [0, 0.1) is 6.92 Å². The number of phenols is 1. The largest absolute Gasteiger partial charge is 0.573 e. The minimum absolute atomic E-state index is 0.0628. The molecule has 4 rings (SSSR count). The van der Waals surface area contributed by atoms with Crippen LogP contribution in [0.1, 0.15) is 22.7 Å². The van der Waals surface area contributed by atoms with Gasteiger partial charge in [-0.1, -0.05) is 29.8 Å². The fourth-order valence-electron chi connectivity index (χ4n) is 4.05. The number of anilines is 1. The molecule has 0 aromatic heterocycles. The second-order valence-electron chi connectivity index (χ2n) is 8.01. The number of ether oxygens (including phenoxy) is 2. The Kier molecular flexibility index (Phi) is 6.36. The lowest BCUT2D eigenvalue weighted by atomic mass is 9.94. The molecule has 1 aliphatic heterocycles. The molecule has 1 saturated heterocycles. The zero-order valence-corrected chi connectivity index (χ0v) is 19.0. The first-order valence-corrected chi connectivity index (χ1v) is 10.6. The summed E-state index contributed by atoms with van der Waals surface area (Å²) in [5, 5.41) is 21.0. The number of benzene rings is 3. The van der Waals surface area contributed by atoms with Crippen LogP contribution >= 0.6 is 0 Å². The van der Waals surface area contributed by atoms with Gasteiger partial charge < -0.3 is 19.7 Å². The second kappa shape index (κ2) is 9.29. The minimum Gasteiger partial charge on any atom is -0.508 e. The number of aliphatic hydroxyl groups is 1. The van der Waals surface area contributed by atoms with Crippen molar-refractivity contribution in [3.63, 3.8) is 0 Å². The monoisotopic (exact) mass is 499 g/mol. The van der Waals surface area contributed by atoms with Crippen LogP contribution in [0.4, 0.5) is 18.9 Å². The Morgan fingerprint density at radius 1 is 1.00 bits per heavy atom. The van der Waals surface area contributed by atoms with Gasteiger partial charge in [0, 0.05) is 11.8 Å². The van der Waals surface area contributed by atoms with Gasteiger partial charge in [0.15, 0.2) is 0 Å². The molecule has 0 spiro atoms. The Balaban J connectivity index is 1.94. The first-order valence-electron chi connectivity index (χ1n) is 10.6. The van der Waals surface area contributed by atoms with Gasteiger partial charge in [-0.3, -0.25) is 14.5 Å². The predicted molar refractivity (Wildman–Crippen MR) is 124 cm³/mol. The quantitative estimate of drug-likeness (QED) is 0.283. The number of carbonyl (C=O) groups excluding carboxylic acids is 2. The molecular formula is C26H20F3NO6. The van der Waals surface area contributed by atoms with E-state index in [-0.39, 0.29) is 28.3 Å². The summed E-state index contributed by atoms with van der Waals surface area (Å²) in [4.78, 5) is 27.4. The number of aryl methyl sites for hydroxylation is 1. The molecule has 1 fully saturated rings. The van der Waals surface area contributed by atoms with Gasteiger partial charge >= 0.3 is 6.36 Å². The van der Waals surface area contributed by atoms with E-state index in [1.165, 1.54) is 43.5 Å². The first-order chi connectivity index (χ1) is 17.0. The average Bonchev–Trinajstić information content (AvgIpc) is 3.08. The molecule has 3 aromatic rings. The highest BCUT2D eigenvalue weighted by molar-refractivity contribution is 6.51. The van der Waals surface area contributed by atoms with Crippen LogP contribution in [0.2, 0.25) is 0 Å². The molecule has 0 radical (unpaired) electrons. The first kappa shape index (κ1) is 24.6. The van der Waals surface area contributed by atoms with E-state index in [0.717, 1.165) is 22.6 Å². The highest BCUT2D eigenvalue weighted by Crippen LogP contribution is 2.44. The summed E-state index contributed by atoms with van der Waals surface area (Å²) in [6.45, 7) is 1.76. The number of amides is 1. The van der Waals surface area contributed by atoms with Crippen molar-refractivity contribution in [1.82, 2.24) is 0 Å². The second-order valence-corrected chi connectivity index (χ2v) is 8.01. The molecule has 1 unspecified atom stereocenters. The van der Waals surface area contributed by atoms with Gasteiger partial charge in [-0.15, -0.1) is 13.2 Å². The number of Topliss-reactive ketones (excluding diaryl/α,β-unsaturated/α-hetero) is 1. The number of hydrogen-bond acceptors (Lipinski definition) is 6. The lowest BCUT2D eigenvalue weighted by molar-refractivity contribution is -0.274. The van der Waals surface area contributed by atoms with Crippen LogP contribution in [-0.2, 0) is 9.59 Å². The third-order valence-electron chi connectivity index (χ3n) is 5.59. The third kappa shape index (κ3) is 4.70. The van der Waals surface area contributed by atoms with Crippen LogP contribution in [0.5, 0.6) is 17.2 Å². The standard InChI is InChI=1S/C26H20F3NO6/c1-14-6-11-20(35-2)19(12-14)23(32)21-22(15-7-9-17(31)10-8-15)30(25(34)24(21)33)16-4-3-5-18(13-16)36-26(27,28)29/h3-13,22,31-32H,1-2H3/b23-21+. The van der Waals surface area contributed by atoms with Crippen LogP contribution in [0.15, 0.2) is 72.3 Å². The van der Waals surface area contributed by atoms with Crippen molar-refractivity contribution in [2.24, 2.45) is 0 Å². The molecule has 2 N–H and O–H groups in total. The van der Waals surface area contributed by atoms with Gasteiger partial charge in [0.2, 0.25) is 0 Å². The maximum atomic E-state index is 13.2. The van der Waals surface area contributed by atoms with Gasteiger partial charge in [-0.25, -0.2) is 0 Å². The summed E-state index contributed by atoms with van der Waals surface area (Å²) in [6.07, 6.45) is -4.97. The third-order valence-corrected chi connectivity index (χ3v) is 5.59. The van der Waals surface area contributed by atoms with Gasteiger partial charge in [-0.2, -0.15) is 0 Å². The average molecular weight is 499 g/mol. The SMILES string of the molecule is COc1ccc(C)cc1/C(O)=C1\C(=O)C(=O)N(c2cccc(OC(F)(F)F)c2)C1c1ccc(O)cc1. The van der Waals surface area contributed by atoms with Crippen molar-refractivity contribution < 1.29 is 42.4 Å². The molecule has 10 heteroatoms. The van der Waals surface area contributed by atoms with Crippen molar-refractivity contribution in [3.8, 4) is 17.2 Å². The maximum Gasteiger partial charge on any atom is 0.573 e. The van der Waals surface area contributed by atoms with Crippen LogP contribution in [0.3, 0.4) is 0 Å². The molecule has 1 heterocycles. The van der Waals surface area contributed by atoms with Gasteiger partial charge in [0.05, 0.1) is 24.3 Å². The molecule has 0 bridgehead atoms. The van der Waals surface area contributed by atoms with E-state index in [2.05, 4.69) is 4.74 Å². The van der Waals surface area contributed by atoms with E-state index >= 15 is 0 Å². The summed E-state index contributed by atoms with van der Waals surface area (Å²) in [7, 11) is 1.38. The van der Waals surface area contributed by atoms with Crippen molar-refractivity contribution >= 4 is 23.1 Å². The topological polar surface area (TPSA) is 96.3 Å². The van der Waals surface area contributed by atoms with Crippen molar-refractivity contribution in [3.05, 3.63) is 89.0 Å². The lowest BCUT2D eigenvalue weighted by Crippen LogP contribution is -2.29. The molecule has 1 amide bonds. The van der Waals surface area contributed by atoms with E-state index in [1.807, 2.05) is 0 Å². The lowest BCUT2D eigenvalue weighted by Gasteiger charge is -2.26. The molecular weight excluding hydrogens is 479 g/mol. The van der Waals surface area contributed by atoms with Crippen molar-refractivity contribution in [2.75, 3.05) is 12.0 Å². The number of carbonyl (C=O) groups is 2. The number of ketones is 1. The number of rotatable bonds is 5. The molecule has 0 saturated carbocycles. The van der Waals surface area contributed by atoms with Crippen molar-refractivity contribution in [2.45, 2.75) is 19.3 Å². The molecule has 0 aliphatic carbocycles. The molecule has 36 heavy (non-hydrogen) atoms. The highest BCUT2D eigenvalue weighted by atomic mass is 19.4. The highest BCUT2D eigenvalue weighted by Gasteiger charge is 2.47. The summed E-state index contributed by atoms with van der Waals surface area (Å²) in [6, 6.07) is 13.8. The number of phenolic OH excluding ortho intramolecular Hbond substituents is 1. The molecule has 1 aliphatic rings. The maximum absolute atomic E-state index is 13.2. The Bertz CT molecular complexity index is 1360. The van der Waals surface area contributed by atoms with Crippen LogP contribution in [-0.4, -0.2) is 35.4 Å². The number of aliphatic hydroxyl groups excluding tert-OH is 1. The normalized spacial score (nSPS) is 17.4. The predicted octanol–water partition coefficient (Wildman–Crippen LogP) is 5.23. The fourth-order valence-corrected chi connectivity index (χ4v) is 4.05. The smallest absolute Gasteiger partial charge is 0.508 e. The number of hydrogen-bond donors (Lipinski definition) is 2. The Hall–Kier alpha value is -4.47. The number of nitrogens with zero attached hydrogens (tertiary/aromatic N) is 1. The summed E-state index contributed by atoms with van der Waals surface area (Å²) >= 11 is 0. The number of halogens is 3. The molecule has 7 nitrogen and oxygen atoms in total. The van der Waals surface area contributed by atoms with Crippen LogP contribution in [0.25, 0.3) is 5.76 Å².